The van der Waals surface area contributed by atoms with Crippen molar-refractivity contribution in [1.82, 2.24) is 25.1 Å². The van der Waals surface area contributed by atoms with Gasteiger partial charge in [0.15, 0.2) is 5.69 Å². The highest BCUT2D eigenvalue weighted by atomic mass is 16.5. The molecule has 1 aliphatic rings. The van der Waals surface area contributed by atoms with Gasteiger partial charge in [-0.05, 0) is 31.9 Å². The lowest BCUT2D eigenvalue weighted by atomic mass is 9.93. The predicted molar refractivity (Wildman–Crippen MR) is 139 cm³/mol. The average Bonchev–Trinajstić information content (AvgIpc) is 3.33. The summed E-state index contributed by atoms with van der Waals surface area (Å²) in [5.74, 6) is -0.443. The summed E-state index contributed by atoms with van der Waals surface area (Å²) in [6, 6.07) is 15.3. The number of nitrogens with one attached hydrogen (secondary N) is 2. The van der Waals surface area contributed by atoms with E-state index in [9.17, 15) is 14.4 Å². The molecule has 37 heavy (non-hydrogen) atoms. The Morgan fingerprint density at radius 3 is 2.51 bits per heavy atom. The SMILES string of the molecule is CCCN1C(=O)c2c(C(=O)NCc3ccccc3OC)ncn2C[C@]1(C)C(=O)NCc1ccc(C)cc1. The van der Waals surface area contributed by atoms with Crippen LogP contribution in [-0.4, -0.2) is 51.4 Å². The Kier molecular flexibility index (Phi) is 7.61. The van der Waals surface area contributed by atoms with Gasteiger partial charge in [0.2, 0.25) is 5.91 Å². The molecule has 0 fully saturated rings. The van der Waals surface area contributed by atoms with Gasteiger partial charge < -0.3 is 24.8 Å². The normalized spacial score (nSPS) is 16.8. The fourth-order valence-electron chi connectivity index (χ4n) is 4.61. The van der Waals surface area contributed by atoms with Gasteiger partial charge in [0.1, 0.15) is 17.0 Å². The van der Waals surface area contributed by atoms with Crippen LogP contribution in [0.4, 0.5) is 0 Å². The number of ether oxygens (including phenoxy) is 1. The zero-order valence-electron chi connectivity index (χ0n) is 21.7. The second-order valence-electron chi connectivity index (χ2n) is 9.46. The Hall–Kier alpha value is -4.14. The number of carbonyl (C=O) groups excluding carboxylic acids is 3. The molecule has 0 aliphatic carbocycles. The maximum Gasteiger partial charge on any atom is 0.273 e. The molecule has 1 aromatic heterocycles. The summed E-state index contributed by atoms with van der Waals surface area (Å²) in [5, 5.41) is 5.82. The molecule has 194 valence electrons. The molecule has 3 amide bonds. The smallest absolute Gasteiger partial charge is 0.273 e. The number of nitrogens with zero attached hydrogens (tertiary/aromatic N) is 3. The fraction of sp³-hybridized carbons (Fsp3) is 0.357. The van der Waals surface area contributed by atoms with Crippen LogP contribution in [0.15, 0.2) is 54.9 Å². The van der Waals surface area contributed by atoms with E-state index < -0.39 is 11.4 Å². The van der Waals surface area contributed by atoms with Crippen LogP contribution in [0.5, 0.6) is 5.75 Å². The standard InChI is InChI=1S/C28H33N5O4/c1-5-14-33-26(35)24-23(25(34)29-16-21-8-6-7-9-22(21)37-4)31-18-32(24)17-28(33,3)27(36)30-15-20-12-10-19(2)11-13-20/h6-13,18H,5,14-17H2,1-4H3,(H,29,34)(H,30,36)/t28-/m1/s1. The van der Waals surface area contributed by atoms with E-state index in [4.69, 9.17) is 4.74 Å². The number of amides is 3. The first-order valence-electron chi connectivity index (χ1n) is 12.4. The van der Waals surface area contributed by atoms with E-state index in [1.165, 1.54) is 6.33 Å². The van der Waals surface area contributed by atoms with Crippen molar-refractivity contribution in [2.24, 2.45) is 0 Å². The third-order valence-electron chi connectivity index (χ3n) is 6.72. The van der Waals surface area contributed by atoms with Crippen LogP contribution in [0.2, 0.25) is 0 Å². The van der Waals surface area contributed by atoms with Gasteiger partial charge in [0.25, 0.3) is 11.8 Å². The van der Waals surface area contributed by atoms with Crippen LogP contribution in [0.25, 0.3) is 0 Å². The number of hydrogen-bond acceptors (Lipinski definition) is 5. The van der Waals surface area contributed by atoms with Crippen LogP contribution in [0.1, 0.15) is 57.9 Å². The van der Waals surface area contributed by atoms with Gasteiger partial charge in [-0.2, -0.15) is 0 Å². The van der Waals surface area contributed by atoms with Gasteiger partial charge in [0.05, 0.1) is 20.0 Å². The number of hydrogen-bond donors (Lipinski definition) is 2. The number of methoxy groups -OCH3 is 1. The third kappa shape index (κ3) is 5.21. The van der Waals surface area contributed by atoms with E-state index in [2.05, 4.69) is 15.6 Å². The second-order valence-corrected chi connectivity index (χ2v) is 9.46. The molecule has 0 spiro atoms. The number of imidazole rings is 1. The zero-order valence-corrected chi connectivity index (χ0v) is 21.7. The number of fused-ring (bicyclic) bond motifs is 1. The summed E-state index contributed by atoms with van der Waals surface area (Å²) in [6.07, 6.45) is 2.12. The minimum absolute atomic E-state index is 0.0446. The van der Waals surface area contributed by atoms with Gasteiger partial charge in [0, 0.05) is 25.2 Å². The number of benzene rings is 2. The largest absolute Gasteiger partial charge is 0.496 e. The molecule has 2 heterocycles. The quantitative estimate of drug-likeness (QED) is 0.467. The Labute approximate surface area is 216 Å². The molecule has 9 heteroatoms. The van der Waals surface area contributed by atoms with Crippen molar-refractivity contribution in [3.05, 3.63) is 82.9 Å². The van der Waals surface area contributed by atoms with Gasteiger partial charge in [-0.3, -0.25) is 14.4 Å². The Balaban J connectivity index is 1.54. The Morgan fingerprint density at radius 2 is 1.81 bits per heavy atom. The first kappa shape index (κ1) is 25.9. The molecule has 2 N–H and O–H groups in total. The predicted octanol–water partition coefficient (Wildman–Crippen LogP) is 3.07. The summed E-state index contributed by atoms with van der Waals surface area (Å²) in [4.78, 5) is 46.0. The highest BCUT2D eigenvalue weighted by Gasteiger charge is 2.48. The van der Waals surface area contributed by atoms with Gasteiger partial charge in [-0.15, -0.1) is 0 Å². The van der Waals surface area contributed by atoms with Crippen LogP contribution in [0.3, 0.4) is 0 Å². The van der Waals surface area contributed by atoms with E-state index in [0.29, 0.717) is 25.3 Å². The molecule has 0 saturated heterocycles. The molecule has 1 aliphatic heterocycles. The molecule has 0 saturated carbocycles. The summed E-state index contributed by atoms with van der Waals surface area (Å²) in [6.45, 7) is 6.87. The van der Waals surface area contributed by atoms with E-state index in [1.54, 1.807) is 23.5 Å². The van der Waals surface area contributed by atoms with E-state index in [0.717, 1.165) is 16.7 Å². The molecule has 0 radical (unpaired) electrons. The van der Waals surface area contributed by atoms with Crippen molar-refractivity contribution in [3.8, 4) is 5.75 Å². The molecular formula is C28H33N5O4. The summed E-state index contributed by atoms with van der Waals surface area (Å²) in [5.41, 5.74) is 2.03. The number of rotatable bonds is 9. The van der Waals surface area contributed by atoms with Gasteiger partial charge in [-0.25, -0.2) is 4.98 Å². The monoisotopic (exact) mass is 503 g/mol. The topological polar surface area (TPSA) is 106 Å². The van der Waals surface area contributed by atoms with Crippen LogP contribution in [0, 0.1) is 6.92 Å². The van der Waals surface area contributed by atoms with E-state index in [1.807, 2.05) is 62.4 Å². The zero-order chi connectivity index (χ0) is 26.6. The second kappa shape index (κ2) is 10.9. The first-order chi connectivity index (χ1) is 17.8. The lowest BCUT2D eigenvalue weighted by Gasteiger charge is -2.43. The average molecular weight is 504 g/mol. The molecule has 4 rings (SSSR count). The van der Waals surface area contributed by atoms with E-state index >= 15 is 0 Å². The van der Waals surface area contributed by atoms with Crippen molar-refractivity contribution in [1.29, 1.82) is 0 Å². The molecule has 3 aromatic rings. The molecule has 0 bridgehead atoms. The Morgan fingerprint density at radius 1 is 1.08 bits per heavy atom. The molecule has 0 unspecified atom stereocenters. The lowest BCUT2D eigenvalue weighted by molar-refractivity contribution is -0.133. The molecule has 1 atom stereocenters. The minimum Gasteiger partial charge on any atom is -0.496 e. The van der Waals surface area contributed by atoms with Crippen LogP contribution in [-0.2, 0) is 24.4 Å². The van der Waals surface area contributed by atoms with Crippen molar-refractivity contribution in [3.63, 3.8) is 0 Å². The number of para-hydroxylation sites is 1. The van der Waals surface area contributed by atoms with E-state index in [-0.39, 0.29) is 36.3 Å². The molecule has 2 aromatic carbocycles. The third-order valence-corrected chi connectivity index (χ3v) is 6.72. The van der Waals surface area contributed by atoms with Crippen molar-refractivity contribution < 1.29 is 19.1 Å². The van der Waals surface area contributed by atoms with Crippen molar-refractivity contribution in [2.75, 3.05) is 13.7 Å². The molecular weight excluding hydrogens is 470 g/mol. The summed E-state index contributed by atoms with van der Waals surface area (Å²) in [7, 11) is 1.57. The Bertz CT molecular complexity index is 1300. The number of aromatic nitrogens is 2. The van der Waals surface area contributed by atoms with Crippen LogP contribution >= 0.6 is 0 Å². The lowest BCUT2D eigenvalue weighted by Crippen LogP contribution is -2.64. The number of carbonyl (C=O) groups is 3. The van der Waals surface area contributed by atoms with Crippen LogP contribution < -0.4 is 15.4 Å². The summed E-state index contributed by atoms with van der Waals surface area (Å²) < 4.78 is 6.95. The maximum absolute atomic E-state index is 13.7. The molecule has 9 nitrogen and oxygen atoms in total. The summed E-state index contributed by atoms with van der Waals surface area (Å²) >= 11 is 0. The highest BCUT2D eigenvalue weighted by molar-refractivity contribution is 6.07. The maximum atomic E-state index is 13.7. The number of aryl methyl sites for hydroxylation is 1. The van der Waals surface area contributed by atoms with Gasteiger partial charge in [-0.1, -0.05) is 55.0 Å². The first-order valence-corrected chi connectivity index (χ1v) is 12.4. The van der Waals surface area contributed by atoms with Gasteiger partial charge >= 0.3 is 0 Å². The van der Waals surface area contributed by atoms with Crippen molar-refractivity contribution >= 4 is 17.7 Å². The highest BCUT2D eigenvalue weighted by Crippen LogP contribution is 2.29. The van der Waals surface area contributed by atoms with Crippen molar-refractivity contribution in [2.45, 2.75) is 52.4 Å². The minimum atomic E-state index is -1.13. The fourth-order valence-corrected chi connectivity index (χ4v) is 4.61.